The zero-order chi connectivity index (χ0) is 18.8. The molecule has 1 saturated carbocycles. The number of anilines is 1. The molecule has 4 atom stereocenters. The molecule has 1 aliphatic carbocycles. The first kappa shape index (κ1) is 19.5. The summed E-state index contributed by atoms with van der Waals surface area (Å²) in [6.45, 7) is 1.96. The van der Waals surface area contributed by atoms with Gasteiger partial charge in [-0.3, -0.25) is 9.88 Å². The number of carbonyl (C=O) groups is 1. The molecule has 10 heteroatoms. The topological polar surface area (TPSA) is 123 Å². The van der Waals surface area contributed by atoms with Crippen LogP contribution in [0, 0.1) is 9.49 Å². The number of halogens is 1. The minimum absolute atomic E-state index is 0.0874. The summed E-state index contributed by atoms with van der Waals surface area (Å²) < 4.78 is 12.2. The van der Waals surface area contributed by atoms with E-state index in [1.54, 1.807) is 6.92 Å². The standard InChI is InChI=1S/C16H22IN3O6/c1-8-11(21)12(22)14(26-8)20-6-10(17)13(18-15(20)23)19-16(24)25-7-9-4-2-3-5-9/h6,8-9,11-12,14,21-22H,2-5,7H2,1H3,(H,18,19,23,24)/t8-,11-,12-,14-/m1/s1. The predicted molar refractivity (Wildman–Crippen MR) is 99.7 cm³/mol. The van der Waals surface area contributed by atoms with Crippen molar-refractivity contribution in [1.82, 2.24) is 9.55 Å². The molecular weight excluding hydrogens is 457 g/mol. The van der Waals surface area contributed by atoms with Crippen LogP contribution in [0.4, 0.5) is 10.6 Å². The molecule has 3 N–H and O–H groups in total. The van der Waals surface area contributed by atoms with Gasteiger partial charge in [-0.05, 0) is 48.3 Å². The Labute approximate surface area is 163 Å². The summed E-state index contributed by atoms with van der Waals surface area (Å²) in [5.74, 6) is 0.486. The number of nitrogens with zero attached hydrogens (tertiary/aromatic N) is 2. The van der Waals surface area contributed by atoms with Gasteiger partial charge in [0.05, 0.1) is 16.3 Å². The summed E-state index contributed by atoms with van der Waals surface area (Å²) in [7, 11) is 0. The maximum absolute atomic E-state index is 12.3. The molecule has 9 nitrogen and oxygen atoms in total. The van der Waals surface area contributed by atoms with E-state index in [-0.39, 0.29) is 5.82 Å². The second-order valence-electron chi connectivity index (χ2n) is 6.71. The molecule has 2 aliphatic rings. The van der Waals surface area contributed by atoms with E-state index in [0.717, 1.165) is 30.3 Å². The van der Waals surface area contributed by atoms with E-state index in [9.17, 15) is 19.8 Å². The van der Waals surface area contributed by atoms with E-state index < -0.39 is 36.3 Å². The van der Waals surface area contributed by atoms with Crippen molar-refractivity contribution in [3.63, 3.8) is 0 Å². The maximum Gasteiger partial charge on any atom is 0.412 e. The number of hydrogen-bond acceptors (Lipinski definition) is 7. The fourth-order valence-electron chi connectivity index (χ4n) is 3.28. The number of amides is 1. The van der Waals surface area contributed by atoms with Gasteiger partial charge in [-0.2, -0.15) is 4.98 Å². The first-order valence-corrected chi connectivity index (χ1v) is 9.68. The number of aliphatic hydroxyl groups excluding tert-OH is 2. The van der Waals surface area contributed by atoms with Crippen molar-refractivity contribution in [3.8, 4) is 0 Å². The van der Waals surface area contributed by atoms with Gasteiger partial charge in [-0.15, -0.1) is 0 Å². The lowest BCUT2D eigenvalue weighted by molar-refractivity contribution is -0.0351. The van der Waals surface area contributed by atoms with Crippen molar-refractivity contribution < 1.29 is 24.5 Å². The zero-order valence-electron chi connectivity index (χ0n) is 14.3. The highest BCUT2D eigenvalue weighted by Crippen LogP contribution is 2.29. The zero-order valence-corrected chi connectivity index (χ0v) is 16.5. The van der Waals surface area contributed by atoms with Gasteiger partial charge in [-0.25, -0.2) is 9.59 Å². The van der Waals surface area contributed by atoms with Crippen molar-refractivity contribution in [2.75, 3.05) is 11.9 Å². The van der Waals surface area contributed by atoms with Crippen molar-refractivity contribution in [1.29, 1.82) is 0 Å². The van der Waals surface area contributed by atoms with Gasteiger partial charge in [-0.1, -0.05) is 12.8 Å². The van der Waals surface area contributed by atoms with Gasteiger partial charge in [0, 0.05) is 6.20 Å². The van der Waals surface area contributed by atoms with Crippen LogP contribution in [0.15, 0.2) is 11.0 Å². The molecule has 0 bridgehead atoms. The Balaban J connectivity index is 1.67. The molecule has 0 aromatic carbocycles. The van der Waals surface area contributed by atoms with E-state index in [1.807, 2.05) is 22.6 Å². The third kappa shape index (κ3) is 4.18. The lowest BCUT2D eigenvalue weighted by Crippen LogP contribution is -2.36. The van der Waals surface area contributed by atoms with Crippen LogP contribution in [0.25, 0.3) is 0 Å². The summed E-state index contributed by atoms with van der Waals surface area (Å²) >= 11 is 1.91. The van der Waals surface area contributed by atoms with Crippen LogP contribution in [-0.2, 0) is 9.47 Å². The van der Waals surface area contributed by atoms with Crippen molar-refractivity contribution in [3.05, 3.63) is 20.3 Å². The van der Waals surface area contributed by atoms with Crippen LogP contribution in [0.5, 0.6) is 0 Å². The minimum atomic E-state index is -1.24. The van der Waals surface area contributed by atoms with Gasteiger partial charge >= 0.3 is 11.8 Å². The van der Waals surface area contributed by atoms with Crippen LogP contribution < -0.4 is 11.0 Å². The largest absolute Gasteiger partial charge is 0.449 e. The highest BCUT2D eigenvalue weighted by molar-refractivity contribution is 14.1. The number of ether oxygens (including phenoxy) is 2. The van der Waals surface area contributed by atoms with E-state index in [1.165, 1.54) is 6.20 Å². The SMILES string of the molecule is C[C@H]1O[C@@H](n2cc(I)c(NC(=O)OCC3CCCC3)nc2=O)[C@H](O)[C@@H]1O. The number of rotatable bonds is 4. The van der Waals surface area contributed by atoms with Gasteiger partial charge in [0.2, 0.25) is 0 Å². The second-order valence-corrected chi connectivity index (χ2v) is 7.88. The molecule has 2 fully saturated rings. The highest BCUT2D eigenvalue weighted by Gasteiger charge is 2.42. The highest BCUT2D eigenvalue weighted by atomic mass is 127. The van der Waals surface area contributed by atoms with Crippen LogP contribution >= 0.6 is 22.6 Å². The van der Waals surface area contributed by atoms with Crippen molar-refractivity contribution >= 4 is 34.5 Å². The average Bonchev–Trinajstić information content (AvgIpc) is 3.20. The lowest BCUT2D eigenvalue weighted by Gasteiger charge is -2.18. The molecule has 26 heavy (non-hydrogen) atoms. The molecule has 1 amide bonds. The van der Waals surface area contributed by atoms with E-state index >= 15 is 0 Å². The molecule has 1 aromatic rings. The summed E-state index contributed by atoms with van der Waals surface area (Å²) in [6, 6.07) is 0. The quantitative estimate of drug-likeness (QED) is 0.556. The molecule has 1 saturated heterocycles. The van der Waals surface area contributed by atoms with Crippen molar-refractivity contribution in [2.45, 2.75) is 57.1 Å². The van der Waals surface area contributed by atoms with Gasteiger partial charge in [0.25, 0.3) is 0 Å². The Morgan fingerprint density at radius 1 is 1.42 bits per heavy atom. The lowest BCUT2D eigenvalue weighted by atomic mass is 10.1. The predicted octanol–water partition coefficient (Wildman–Crippen LogP) is 1.23. The Morgan fingerprint density at radius 2 is 2.12 bits per heavy atom. The molecular formula is C16H22IN3O6. The Kier molecular flexibility index (Phi) is 6.15. The fraction of sp³-hybridized carbons (Fsp3) is 0.688. The summed E-state index contributed by atoms with van der Waals surface area (Å²) in [6.07, 6.45) is 1.25. The molecule has 144 valence electrons. The molecule has 0 unspecified atom stereocenters. The number of aliphatic hydroxyl groups is 2. The van der Waals surface area contributed by atoms with Crippen LogP contribution in [0.1, 0.15) is 38.8 Å². The summed E-state index contributed by atoms with van der Waals surface area (Å²) in [5, 5.41) is 22.3. The molecule has 0 spiro atoms. The van der Waals surface area contributed by atoms with Crippen LogP contribution in [0.2, 0.25) is 0 Å². The van der Waals surface area contributed by atoms with Crippen LogP contribution in [-0.4, -0.2) is 50.8 Å². The summed E-state index contributed by atoms with van der Waals surface area (Å²) in [5.41, 5.74) is -0.707. The molecule has 2 heterocycles. The Bertz CT molecular complexity index is 720. The molecule has 3 rings (SSSR count). The number of aromatic nitrogens is 2. The molecule has 1 aromatic heterocycles. The number of nitrogens with one attached hydrogen (secondary N) is 1. The monoisotopic (exact) mass is 479 g/mol. The first-order valence-electron chi connectivity index (χ1n) is 8.61. The first-order chi connectivity index (χ1) is 12.4. The van der Waals surface area contributed by atoms with Gasteiger partial charge in [0.1, 0.15) is 12.2 Å². The third-order valence-electron chi connectivity index (χ3n) is 4.80. The van der Waals surface area contributed by atoms with Gasteiger partial charge < -0.3 is 19.7 Å². The van der Waals surface area contributed by atoms with Gasteiger partial charge in [0.15, 0.2) is 12.0 Å². The molecule has 0 radical (unpaired) electrons. The third-order valence-corrected chi connectivity index (χ3v) is 5.59. The Morgan fingerprint density at radius 3 is 2.73 bits per heavy atom. The fourth-order valence-corrected chi connectivity index (χ4v) is 3.83. The molecule has 1 aliphatic heterocycles. The Hall–Kier alpha value is -1.24. The normalized spacial score (nSPS) is 29.1. The average molecular weight is 479 g/mol. The number of hydrogen-bond donors (Lipinski definition) is 3. The van der Waals surface area contributed by atoms with Crippen LogP contribution in [0.3, 0.4) is 0 Å². The van der Waals surface area contributed by atoms with E-state index in [2.05, 4.69) is 10.3 Å². The minimum Gasteiger partial charge on any atom is -0.449 e. The van der Waals surface area contributed by atoms with Crippen molar-refractivity contribution in [2.24, 2.45) is 5.92 Å². The van der Waals surface area contributed by atoms with E-state index in [4.69, 9.17) is 9.47 Å². The van der Waals surface area contributed by atoms with E-state index in [0.29, 0.717) is 16.1 Å². The maximum atomic E-state index is 12.3. The number of carbonyl (C=O) groups excluding carboxylic acids is 1. The summed E-state index contributed by atoms with van der Waals surface area (Å²) in [4.78, 5) is 28.0. The smallest absolute Gasteiger partial charge is 0.412 e. The second kappa shape index (κ2) is 8.19.